The van der Waals surface area contributed by atoms with Crippen molar-refractivity contribution in [3.63, 3.8) is 0 Å². The zero-order valence-electron chi connectivity index (χ0n) is 10.2. The van der Waals surface area contributed by atoms with Crippen molar-refractivity contribution in [2.45, 2.75) is 27.7 Å². The fourth-order valence-electron chi connectivity index (χ4n) is 1.41. The van der Waals surface area contributed by atoms with Gasteiger partial charge in [-0.05, 0) is 19.0 Å². The fourth-order valence-corrected chi connectivity index (χ4v) is 1.41. The Morgan fingerprint density at radius 3 is 2.07 bits per heavy atom. The summed E-state index contributed by atoms with van der Waals surface area (Å²) in [5.41, 5.74) is 0. The second-order valence-corrected chi connectivity index (χ2v) is 4.13. The van der Waals surface area contributed by atoms with Crippen LogP contribution >= 0.6 is 0 Å². The summed E-state index contributed by atoms with van der Waals surface area (Å²) in [6.07, 6.45) is 0. The van der Waals surface area contributed by atoms with E-state index in [0.717, 1.165) is 19.6 Å². The van der Waals surface area contributed by atoms with Gasteiger partial charge in [0, 0.05) is 13.6 Å². The molecule has 0 aromatic heterocycles. The lowest BCUT2D eigenvalue weighted by Gasteiger charge is -2.24. The molecule has 1 amide bonds. The van der Waals surface area contributed by atoms with E-state index in [9.17, 15) is 4.79 Å². The van der Waals surface area contributed by atoms with Gasteiger partial charge < -0.3 is 4.90 Å². The van der Waals surface area contributed by atoms with Gasteiger partial charge in [-0.25, -0.2) is 0 Å². The molecule has 3 heteroatoms. The number of amides is 1. The Kier molecular flexibility index (Phi) is 6.54. The van der Waals surface area contributed by atoms with E-state index in [4.69, 9.17) is 0 Å². The number of carbonyl (C=O) groups excluding carboxylic acids is 1. The Hall–Kier alpha value is -0.570. The lowest BCUT2D eigenvalue weighted by Crippen LogP contribution is -2.39. The highest BCUT2D eigenvalue weighted by Gasteiger charge is 2.12. The van der Waals surface area contributed by atoms with Crippen LogP contribution in [0.15, 0.2) is 0 Å². The van der Waals surface area contributed by atoms with Gasteiger partial charge in [-0.1, -0.05) is 27.7 Å². The van der Waals surface area contributed by atoms with Crippen molar-refractivity contribution in [3.05, 3.63) is 0 Å². The average molecular weight is 200 g/mol. The van der Waals surface area contributed by atoms with Crippen molar-refractivity contribution >= 4 is 5.91 Å². The van der Waals surface area contributed by atoms with Crippen molar-refractivity contribution < 1.29 is 4.79 Å². The van der Waals surface area contributed by atoms with E-state index >= 15 is 0 Å². The number of rotatable bonds is 6. The fraction of sp³-hybridized carbons (Fsp3) is 0.909. The molecule has 0 radical (unpaired) electrons. The Bertz CT molecular complexity index is 165. The number of hydrogen-bond donors (Lipinski definition) is 0. The lowest BCUT2D eigenvalue weighted by atomic mass is 10.2. The van der Waals surface area contributed by atoms with Gasteiger partial charge in [0.05, 0.1) is 6.54 Å². The maximum absolute atomic E-state index is 11.7. The van der Waals surface area contributed by atoms with Gasteiger partial charge in [0.25, 0.3) is 0 Å². The molecular formula is C11H24N2O. The predicted molar refractivity (Wildman–Crippen MR) is 60.3 cm³/mol. The molecule has 84 valence electrons. The second kappa shape index (κ2) is 6.82. The van der Waals surface area contributed by atoms with Crippen molar-refractivity contribution in [2.75, 3.05) is 33.2 Å². The molecule has 0 aromatic rings. The standard InChI is InChI=1S/C11H24N2O/c1-6-13(7-2)9-11(14)12(5)8-10(3)4/h10H,6-9H2,1-5H3. The van der Waals surface area contributed by atoms with Crippen LogP contribution in [0.4, 0.5) is 0 Å². The number of hydrogen-bond acceptors (Lipinski definition) is 2. The largest absolute Gasteiger partial charge is 0.344 e. The van der Waals surface area contributed by atoms with Crippen LogP contribution < -0.4 is 0 Å². The summed E-state index contributed by atoms with van der Waals surface area (Å²) in [5.74, 6) is 0.767. The van der Waals surface area contributed by atoms with Gasteiger partial charge in [0.15, 0.2) is 0 Å². The van der Waals surface area contributed by atoms with Crippen molar-refractivity contribution in [1.29, 1.82) is 0 Å². The third-order valence-electron chi connectivity index (χ3n) is 2.32. The van der Waals surface area contributed by atoms with E-state index in [1.807, 2.05) is 11.9 Å². The molecule has 3 nitrogen and oxygen atoms in total. The lowest BCUT2D eigenvalue weighted by molar-refractivity contribution is -0.131. The highest BCUT2D eigenvalue weighted by atomic mass is 16.2. The molecule has 14 heavy (non-hydrogen) atoms. The molecule has 0 saturated carbocycles. The van der Waals surface area contributed by atoms with Gasteiger partial charge in [0.1, 0.15) is 0 Å². The molecule has 0 aromatic carbocycles. The molecule has 0 N–H and O–H groups in total. The first-order chi connectivity index (χ1) is 6.51. The van der Waals surface area contributed by atoms with Crippen molar-refractivity contribution in [3.8, 4) is 0 Å². The first-order valence-corrected chi connectivity index (χ1v) is 5.47. The smallest absolute Gasteiger partial charge is 0.236 e. The Balaban J connectivity index is 3.93. The van der Waals surface area contributed by atoms with E-state index in [-0.39, 0.29) is 5.91 Å². The van der Waals surface area contributed by atoms with Gasteiger partial charge in [-0.15, -0.1) is 0 Å². The Morgan fingerprint density at radius 2 is 1.71 bits per heavy atom. The molecule has 0 bridgehead atoms. The minimum atomic E-state index is 0.224. The summed E-state index contributed by atoms with van der Waals surface area (Å²) in [6.45, 7) is 11.7. The number of likely N-dealkylation sites (N-methyl/N-ethyl adjacent to an activating group) is 2. The highest BCUT2D eigenvalue weighted by molar-refractivity contribution is 5.77. The molecule has 0 heterocycles. The minimum Gasteiger partial charge on any atom is -0.344 e. The van der Waals surface area contributed by atoms with Crippen LogP contribution in [0.1, 0.15) is 27.7 Å². The summed E-state index contributed by atoms with van der Waals surface area (Å²) in [5, 5.41) is 0. The molecule has 0 fully saturated rings. The maximum Gasteiger partial charge on any atom is 0.236 e. The monoisotopic (exact) mass is 200 g/mol. The SMILES string of the molecule is CCN(CC)CC(=O)N(C)CC(C)C. The zero-order valence-corrected chi connectivity index (χ0v) is 10.2. The molecule has 0 unspecified atom stereocenters. The second-order valence-electron chi connectivity index (χ2n) is 4.13. The van der Waals surface area contributed by atoms with Crippen molar-refractivity contribution in [1.82, 2.24) is 9.80 Å². The first-order valence-electron chi connectivity index (χ1n) is 5.47. The van der Waals surface area contributed by atoms with Crippen molar-refractivity contribution in [2.24, 2.45) is 5.92 Å². The molecule has 0 saturated heterocycles. The summed E-state index contributed by atoms with van der Waals surface area (Å²) in [4.78, 5) is 15.7. The summed E-state index contributed by atoms with van der Waals surface area (Å²) in [7, 11) is 1.88. The minimum absolute atomic E-state index is 0.224. The number of nitrogens with zero attached hydrogens (tertiary/aromatic N) is 2. The summed E-state index contributed by atoms with van der Waals surface area (Å²) >= 11 is 0. The molecule has 0 aliphatic heterocycles. The van der Waals surface area contributed by atoms with Crippen LogP contribution in [0.25, 0.3) is 0 Å². The van der Waals surface area contributed by atoms with Crippen LogP contribution in [-0.4, -0.2) is 48.9 Å². The van der Waals surface area contributed by atoms with Gasteiger partial charge in [-0.3, -0.25) is 9.69 Å². The molecule has 0 spiro atoms. The van der Waals surface area contributed by atoms with Gasteiger partial charge >= 0.3 is 0 Å². The van der Waals surface area contributed by atoms with Crippen LogP contribution in [0, 0.1) is 5.92 Å². The van der Waals surface area contributed by atoms with Gasteiger partial charge in [0.2, 0.25) is 5.91 Å². The van der Waals surface area contributed by atoms with E-state index in [1.165, 1.54) is 0 Å². The summed E-state index contributed by atoms with van der Waals surface area (Å²) < 4.78 is 0. The Morgan fingerprint density at radius 1 is 1.21 bits per heavy atom. The van der Waals surface area contributed by atoms with Crippen LogP contribution in [-0.2, 0) is 4.79 Å². The third kappa shape index (κ3) is 5.22. The molecule has 0 atom stereocenters. The van der Waals surface area contributed by atoms with Crippen LogP contribution in [0.5, 0.6) is 0 Å². The van der Waals surface area contributed by atoms with Crippen LogP contribution in [0.2, 0.25) is 0 Å². The molecule has 0 rings (SSSR count). The molecular weight excluding hydrogens is 176 g/mol. The molecule has 0 aliphatic rings. The number of carbonyl (C=O) groups is 1. The van der Waals surface area contributed by atoms with E-state index < -0.39 is 0 Å². The topological polar surface area (TPSA) is 23.6 Å². The predicted octanol–water partition coefficient (Wildman–Crippen LogP) is 1.44. The van der Waals surface area contributed by atoms with Crippen LogP contribution in [0.3, 0.4) is 0 Å². The average Bonchev–Trinajstić information content (AvgIpc) is 2.12. The van der Waals surface area contributed by atoms with E-state index in [2.05, 4.69) is 32.6 Å². The highest BCUT2D eigenvalue weighted by Crippen LogP contribution is 1.97. The van der Waals surface area contributed by atoms with E-state index in [1.54, 1.807) is 0 Å². The van der Waals surface area contributed by atoms with E-state index in [0.29, 0.717) is 12.5 Å². The maximum atomic E-state index is 11.7. The zero-order chi connectivity index (χ0) is 11.1. The molecule has 0 aliphatic carbocycles. The quantitative estimate of drug-likeness (QED) is 0.648. The Labute approximate surface area is 88.1 Å². The third-order valence-corrected chi connectivity index (χ3v) is 2.32. The first kappa shape index (κ1) is 13.4. The summed E-state index contributed by atoms with van der Waals surface area (Å²) in [6, 6.07) is 0. The van der Waals surface area contributed by atoms with Gasteiger partial charge in [-0.2, -0.15) is 0 Å². The normalized spacial score (nSPS) is 11.1.